The summed E-state index contributed by atoms with van der Waals surface area (Å²) in [5, 5.41) is 2.75. The molecule has 2 aromatic carbocycles. The number of hydrogen-bond acceptors (Lipinski definition) is 2. The fourth-order valence-electron chi connectivity index (χ4n) is 1.69. The minimum Gasteiger partial charge on any atom is -0.322 e. The Kier molecular flexibility index (Phi) is 5.20. The van der Waals surface area contributed by atoms with E-state index in [2.05, 4.69) is 21.2 Å². The molecule has 0 unspecified atom stereocenters. The lowest BCUT2D eigenvalue weighted by atomic mass is 10.2. The highest BCUT2D eigenvalue weighted by Crippen LogP contribution is 2.18. The molecule has 0 fully saturated rings. The quantitative estimate of drug-likeness (QED) is 0.862. The average Bonchev–Trinajstić information content (AvgIpc) is 2.44. The molecule has 1 amide bonds. The van der Waals surface area contributed by atoms with E-state index >= 15 is 0 Å². The van der Waals surface area contributed by atoms with Crippen molar-refractivity contribution in [2.24, 2.45) is 0 Å². The molecule has 0 aliphatic carbocycles. The molecule has 2 nitrogen and oxygen atoms in total. The minimum absolute atomic E-state index is 0.291. The SMILES string of the molecule is CSCc1ccc(NC(=O)c2ccc(Br)c(F)c2)cc1. The van der Waals surface area contributed by atoms with Crippen molar-refractivity contribution in [3.8, 4) is 0 Å². The zero-order valence-corrected chi connectivity index (χ0v) is 13.2. The number of amides is 1. The van der Waals surface area contributed by atoms with Crippen LogP contribution in [0.3, 0.4) is 0 Å². The number of carbonyl (C=O) groups is 1. The molecule has 2 aromatic rings. The molecule has 0 saturated heterocycles. The van der Waals surface area contributed by atoms with Gasteiger partial charge in [-0.1, -0.05) is 12.1 Å². The molecule has 2 rings (SSSR count). The summed E-state index contributed by atoms with van der Waals surface area (Å²) in [7, 11) is 0. The largest absolute Gasteiger partial charge is 0.322 e. The number of halogens is 2. The lowest BCUT2D eigenvalue weighted by Gasteiger charge is -2.07. The van der Waals surface area contributed by atoms with E-state index < -0.39 is 5.82 Å². The number of benzene rings is 2. The van der Waals surface area contributed by atoms with Crippen LogP contribution in [0, 0.1) is 5.82 Å². The van der Waals surface area contributed by atoms with E-state index in [9.17, 15) is 9.18 Å². The number of hydrogen-bond donors (Lipinski definition) is 1. The third kappa shape index (κ3) is 3.84. The Balaban J connectivity index is 2.08. The molecule has 104 valence electrons. The van der Waals surface area contributed by atoms with Crippen LogP contribution in [-0.4, -0.2) is 12.2 Å². The second-order valence-electron chi connectivity index (χ2n) is 4.21. The molecule has 0 spiro atoms. The Morgan fingerprint density at radius 1 is 1.25 bits per heavy atom. The van der Waals surface area contributed by atoms with Gasteiger partial charge in [-0.25, -0.2) is 4.39 Å². The van der Waals surface area contributed by atoms with Crippen molar-refractivity contribution in [2.75, 3.05) is 11.6 Å². The van der Waals surface area contributed by atoms with Gasteiger partial charge in [0.25, 0.3) is 5.91 Å². The number of thioether (sulfide) groups is 1. The number of rotatable bonds is 4. The highest BCUT2D eigenvalue weighted by atomic mass is 79.9. The molecule has 0 saturated carbocycles. The summed E-state index contributed by atoms with van der Waals surface area (Å²) in [4.78, 5) is 12.0. The van der Waals surface area contributed by atoms with Crippen LogP contribution in [0.25, 0.3) is 0 Å². The summed E-state index contributed by atoms with van der Waals surface area (Å²) in [6, 6.07) is 11.9. The third-order valence-corrected chi connectivity index (χ3v) is 3.97. The molecule has 0 aromatic heterocycles. The maximum atomic E-state index is 13.4. The summed E-state index contributed by atoms with van der Waals surface area (Å²) in [5.74, 6) is 0.161. The van der Waals surface area contributed by atoms with Crippen LogP contribution < -0.4 is 5.32 Å². The average molecular weight is 354 g/mol. The predicted octanol–water partition coefficient (Wildman–Crippen LogP) is 4.70. The van der Waals surface area contributed by atoms with Crippen LogP contribution in [0.4, 0.5) is 10.1 Å². The molecule has 0 heterocycles. The number of carbonyl (C=O) groups excluding carboxylic acids is 1. The molecule has 5 heteroatoms. The highest BCUT2D eigenvalue weighted by molar-refractivity contribution is 9.10. The number of anilines is 1. The standard InChI is InChI=1S/C15H13BrFNOS/c1-20-9-10-2-5-12(6-3-10)18-15(19)11-4-7-13(16)14(17)8-11/h2-8H,9H2,1H3,(H,18,19). The van der Waals surface area contributed by atoms with E-state index in [4.69, 9.17) is 0 Å². The fraction of sp³-hybridized carbons (Fsp3) is 0.133. The highest BCUT2D eigenvalue weighted by Gasteiger charge is 2.09. The van der Waals surface area contributed by atoms with Gasteiger partial charge in [-0.2, -0.15) is 11.8 Å². The van der Waals surface area contributed by atoms with Crippen molar-refractivity contribution in [3.05, 3.63) is 63.9 Å². The van der Waals surface area contributed by atoms with E-state index in [0.717, 1.165) is 5.75 Å². The normalized spacial score (nSPS) is 10.3. The zero-order valence-electron chi connectivity index (χ0n) is 10.8. The minimum atomic E-state index is -0.451. The van der Waals surface area contributed by atoms with Crippen molar-refractivity contribution in [1.29, 1.82) is 0 Å². The predicted molar refractivity (Wildman–Crippen MR) is 85.7 cm³/mol. The van der Waals surface area contributed by atoms with Crippen molar-refractivity contribution in [2.45, 2.75) is 5.75 Å². The van der Waals surface area contributed by atoms with E-state index in [0.29, 0.717) is 15.7 Å². The molecule has 0 radical (unpaired) electrons. The Morgan fingerprint density at radius 3 is 2.55 bits per heavy atom. The first kappa shape index (κ1) is 15.1. The fourth-order valence-corrected chi connectivity index (χ4v) is 2.46. The van der Waals surface area contributed by atoms with Crippen molar-refractivity contribution < 1.29 is 9.18 Å². The van der Waals surface area contributed by atoms with Crippen molar-refractivity contribution in [1.82, 2.24) is 0 Å². The topological polar surface area (TPSA) is 29.1 Å². The van der Waals surface area contributed by atoms with Gasteiger partial charge in [0.2, 0.25) is 0 Å². The van der Waals surface area contributed by atoms with Gasteiger partial charge in [0.15, 0.2) is 0 Å². The maximum Gasteiger partial charge on any atom is 0.255 e. The van der Waals surface area contributed by atoms with Gasteiger partial charge in [0, 0.05) is 17.0 Å². The van der Waals surface area contributed by atoms with Crippen LogP contribution in [0.15, 0.2) is 46.9 Å². The lowest BCUT2D eigenvalue weighted by Crippen LogP contribution is -2.12. The van der Waals surface area contributed by atoms with Gasteiger partial charge >= 0.3 is 0 Å². The molecule has 0 aliphatic rings. The van der Waals surface area contributed by atoms with Crippen LogP contribution in [-0.2, 0) is 5.75 Å². The third-order valence-electron chi connectivity index (χ3n) is 2.70. The summed E-state index contributed by atoms with van der Waals surface area (Å²) in [5.41, 5.74) is 2.19. The molecule has 1 N–H and O–H groups in total. The smallest absolute Gasteiger partial charge is 0.255 e. The second-order valence-corrected chi connectivity index (χ2v) is 5.93. The van der Waals surface area contributed by atoms with Gasteiger partial charge in [-0.15, -0.1) is 0 Å². The summed E-state index contributed by atoms with van der Waals surface area (Å²) in [6.07, 6.45) is 2.04. The molecule has 0 aliphatic heterocycles. The molecule has 0 bridgehead atoms. The Labute approximate surface area is 129 Å². The van der Waals surface area contributed by atoms with Gasteiger partial charge in [-0.3, -0.25) is 4.79 Å². The van der Waals surface area contributed by atoms with Gasteiger partial charge < -0.3 is 5.32 Å². The first-order valence-corrected chi connectivity index (χ1v) is 8.13. The van der Waals surface area contributed by atoms with Crippen LogP contribution >= 0.6 is 27.7 Å². The number of nitrogens with one attached hydrogen (secondary N) is 1. The van der Waals surface area contributed by atoms with Gasteiger partial charge in [0.1, 0.15) is 5.82 Å². The van der Waals surface area contributed by atoms with E-state index in [-0.39, 0.29) is 5.91 Å². The van der Waals surface area contributed by atoms with E-state index in [1.54, 1.807) is 17.8 Å². The second kappa shape index (κ2) is 6.90. The molecule has 0 atom stereocenters. The molecular weight excluding hydrogens is 341 g/mol. The molecular formula is C15H13BrFNOS. The first-order chi connectivity index (χ1) is 9.60. The van der Waals surface area contributed by atoms with E-state index in [1.807, 2.05) is 30.5 Å². The van der Waals surface area contributed by atoms with Crippen LogP contribution in [0.2, 0.25) is 0 Å². The van der Waals surface area contributed by atoms with Crippen molar-refractivity contribution >= 4 is 39.3 Å². The van der Waals surface area contributed by atoms with Gasteiger partial charge in [-0.05, 0) is 58.1 Å². The first-order valence-electron chi connectivity index (χ1n) is 5.94. The Hall–Kier alpha value is -1.33. The van der Waals surface area contributed by atoms with Gasteiger partial charge in [0.05, 0.1) is 4.47 Å². The molecule has 20 heavy (non-hydrogen) atoms. The Morgan fingerprint density at radius 2 is 1.95 bits per heavy atom. The Bertz CT molecular complexity index is 616. The van der Waals surface area contributed by atoms with Crippen LogP contribution in [0.1, 0.15) is 15.9 Å². The summed E-state index contributed by atoms with van der Waals surface area (Å²) >= 11 is 4.80. The van der Waals surface area contributed by atoms with E-state index in [1.165, 1.54) is 17.7 Å². The zero-order chi connectivity index (χ0) is 14.5. The van der Waals surface area contributed by atoms with Crippen LogP contribution in [0.5, 0.6) is 0 Å². The monoisotopic (exact) mass is 353 g/mol. The summed E-state index contributed by atoms with van der Waals surface area (Å²) < 4.78 is 13.7. The summed E-state index contributed by atoms with van der Waals surface area (Å²) in [6.45, 7) is 0. The lowest BCUT2D eigenvalue weighted by molar-refractivity contribution is 0.102. The maximum absolute atomic E-state index is 13.4. The van der Waals surface area contributed by atoms with Crippen molar-refractivity contribution in [3.63, 3.8) is 0 Å².